The third-order valence-electron chi connectivity index (χ3n) is 4.15. The Hall–Kier alpha value is -0.570. The molecule has 1 N–H and O–H groups in total. The zero-order valence-electron chi connectivity index (χ0n) is 12.7. The predicted octanol–water partition coefficient (Wildman–Crippen LogP) is 4.26. The molecule has 112 valence electrons. The summed E-state index contributed by atoms with van der Waals surface area (Å²) in [7, 11) is 0. The second-order valence-electron chi connectivity index (χ2n) is 5.94. The Morgan fingerprint density at radius 1 is 1.15 bits per heavy atom. The van der Waals surface area contributed by atoms with Crippen molar-refractivity contribution in [1.82, 2.24) is 10.2 Å². The van der Waals surface area contributed by atoms with E-state index < -0.39 is 0 Å². The van der Waals surface area contributed by atoms with Crippen molar-refractivity contribution in [3.8, 4) is 0 Å². The van der Waals surface area contributed by atoms with Gasteiger partial charge in [-0.05, 0) is 57.0 Å². The van der Waals surface area contributed by atoms with Crippen molar-refractivity contribution in [1.29, 1.82) is 0 Å². The van der Waals surface area contributed by atoms with Crippen molar-refractivity contribution < 1.29 is 0 Å². The number of halogens is 1. The van der Waals surface area contributed by atoms with Gasteiger partial charge in [-0.3, -0.25) is 0 Å². The molecule has 1 fully saturated rings. The van der Waals surface area contributed by atoms with Crippen LogP contribution in [0.5, 0.6) is 0 Å². The zero-order chi connectivity index (χ0) is 14.4. The fourth-order valence-corrected chi connectivity index (χ4v) is 3.20. The molecular formula is C17H27ClN2. The molecule has 2 atom stereocenters. The van der Waals surface area contributed by atoms with Crippen molar-refractivity contribution in [3.63, 3.8) is 0 Å². The third kappa shape index (κ3) is 4.76. The summed E-state index contributed by atoms with van der Waals surface area (Å²) in [4.78, 5) is 2.59. The van der Waals surface area contributed by atoms with Crippen molar-refractivity contribution in [3.05, 3.63) is 34.9 Å². The molecule has 2 rings (SSSR count). The molecule has 0 bridgehead atoms. The van der Waals surface area contributed by atoms with Gasteiger partial charge in [0.15, 0.2) is 0 Å². The number of rotatable bonds is 6. The van der Waals surface area contributed by atoms with E-state index in [0.29, 0.717) is 12.1 Å². The topological polar surface area (TPSA) is 15.3 Å². The molecule has 1 saturated heterocycles. The van der Waals surface area contributed by atoms with E-state index in [9.17, 15) is 0 Å². The van der Waals surface area contributed by atoms with Crippen molar-refractivity contribution in [2.24, 2.45) is 0 Å². The normalized spacial score (nSPS) is 19.8. The quantitative estimate of drug-likeness (QED) is 0.843. The summed E-state index contributed by atoms with van der Waals surface area (Å²) in [6.45, 7) is 8.23. The average Bonchev–Trinajstić information content (AvgIpc) is 2.47. The zero-order valence-corrected chi connectivity index (χ0v) is 13.5. The third-order valence-corrected chi connectivity index (χ3v) is 4.40. The number of likely N-dealkylation sites (tertiary alicyclic amines) is 1. The number of hydrogen-bond acceptors (Lipinski definition) is 2. The van der Waals surface area contributed by atoms with Gasteiger partial charge in [0.1, 0.15) is 0 Å². The molecule has 1 aliphatic heterocycles. The predicted molar refractivity (Wildman–Crippen MR) is 87.4 cm³/mol. The van der Waals surface area contributed by atoms with Crippen LogP contribution in [0.1, 0.15) is 51.1 Å². The Morgan fingerprint density at radius 3 is 2.40 bits per heavy atom. The van der Waals surface area contributed by atoms with E-state index in [-0.39, 0.29) is 0 Å². The largest absolute Gasteiger partial charge is 0.306 e. The molecule has 1 aliphatic rings. The monoisotopic (exact) mass is 294 g/mol. The van der Waals surface area contributed by atoms with Crippen LogP contribution in [-0.4, -0.2) is 30.6 Å². The molecule has 0 saturated carbocycles. The van der Waals surface area contributed by atoms with E-state index in [1.54, 1.807) is 0 Å². The smallest absolute Gasteiger partial charge is 0.0406 e. The fourth-order valence-electron chi connectivity index (χ4n) is 3.07. The standard InChI is InChI=1S/C17H27ClN2/c1-3-17(15-7-9-16(18)10-8-15)19-14(2)13-20-11-5-4-6-12-20/h7-10,14,17,19H,3-6,11-13H2,1-2H3. The highest BCUT2D eigenvalue weighted by Crippen LogP contribution is 2.20. The van der Waals surface area contributed by atoms with Gasteiger partial charge in [-0.15, -0.1) is 0 Å². The van der Waals surface area contributed by atoms with Gasteiger partial charge in [-0.1, -0.05) is 37.1 Å². The number of piperidine rings is 1. The summed E-state index contributed by atoms with van der Waals surface area (Å²) in [5, 5.41) is 4.58. The summed E-state index contributed by atoms with van der Waals surface area (Å²) in [5.41, 5.74) is 1.34. The second-order valence-corrected chi connectivity index (χ2v) is 6.38. The maximum absolute atomic E-state index is 5.97. The van der Waals surface area contributed by atoms with Crippen molar-refractivity contribution in [2.45, 2.75) is 51.6 Å². The Morgan fingerprint density at radius 2 is 1.80 bits per heavy atom. The summed E-state index contributed by atoms with van der Waals surface area (Å²) in [5.74, 6) is 0. The first-order chi connectivity index (χ1) is 9.69. The van der Waals surface area contributed by atoms with Crippen LogP contribution < -0.4 is 5.32 Å². The molecule has 1 aromatic rings. The van der Waals surface area contributed by atoms with E-state index in [4.69, 9.17) is 11.6 Å². The molecule has 1 heterocycles. The minimum Gasteiger partial charge on any atom is -0.306 e. The summed E-state index contributed by atoms with van der Waals surface area (Å²) in [6.07, 6.45) is 5.23. The van der Waals surface area contributed by atoms with Gasteiger partial charge < -0.3 is 10.2 Å². The average molecular weight is 295 g/mol. The lowest BCUT2D eigenvalue weighted by Crippen LogP contribution is -2.42. The van der Waals surface area contributed by atoms with E-state index >= 15 is 0 Å². The van der Waals surface area contributed by atoms with Crippen LogP contribution >= 0.6 is 11.6 Å². The molecule has 0 aliphatic carbocycles. The van der Waals surface area contributed by atoms with Crippen LogP contribution in [0.2, 0.25) is 5.02 Å². The molecular weight excluding hydrogens is 268 g/mol. The molecule has 2 unspecified atom stereocenters. The first kappa shape index (κ1) is 15.8. The Balaban J connectivity index is 1.86. The van der Waals surface area contributed by atoms with Crippen LogP contribution in [-0.2, 0) is 0 Å². The van der Waals surface area contributed by atoms with E-state index in [0.717, 1.165) is 18.0 Å². The van der Waals surface area contributed by atoms with Crippen LogP contribution in [0.4, 0.5) is 0 Å². The first-order valence-corrected chi connectivity index (χ1v) is 8.30. The maximum atomic E-state index is 5.97. The molecule has 1 aromatic carbocycles. The van der Waals surface area contributed by atoms with Gasteiger partial charge in [-0.25, -0.2) is 0 Å². The summed E-state index contributed by atoms with van der Waals surface area (Å²) >= 11 is 5.97. The number of nitrogens with one attached hydrogen (secondary N) is 1. The Labute approximate surface area is 128 Å². The highest BCUT2D eigenvalue weighted by atomic mass is 35.5. The lowest BCUT2D eigenvalue weighted by atomic mass is 10.0. The minimum atomic E-state index is 0.423. The van der Waals surface area contributed by atoms with Gasteiger partial charge in [0.2, 0.25) is 0 Å². The number of hydrogen-bond donors (Lipinski definition) is 1. The summed E-state index contributed by atoms with van der Waals surface area (Å²) in [6, 6.07) is 9.18. The SMILES string of the molecule is CCC(NC(C)CN1CCCCC1)c1ccc(Cl)cc1. The second kappa shape index (κ2) is 8.02. The molecule has 0 amide bonds. The van der Waals surface area contributed by atoms with Crippen LogP contribution in [0.15, 0.2) is 24.3 Å². The summed E-state index contributed by atoms with van der Waals surface area (Å²) < 4.78 is 0. The maximum Gasteiger partial charge on any atom is 0.0406 e. The lowest BCUT2D eigenvalue weighted by Gasteiger charge is -2.31. The molecule has 3 heteroatoms. The molecule has 0 radical (unpaired) electrons. The van der Waals surface area contributed by atoms with E-state index in [1.807, 2.05) is 12.1 Å². The molecule has 0 spiro atoms. The van der Waals surface area contributed by atoms with Gasteiger partial charge in [0.05, 0.1) is 0 Å². The van der Waals surface area contributed by atoms with Crippen LogP contribution in [0.3, 0.4) is 0 Å². The van der Waals surface area contributed by atoms with Crippen LogP contribution in [0.25, 0.3) is 0 Å². The van der Waals surface area contributed by atoms with Crippen molar-refractivity contribution >= 4 is 11.6 Å². The van der Waals surface area contributed by atoms with E-state index in [2.05, 4.69) is 36.2 Å². The lowest BCUT2D eigenvalue weighted by molar-refractivity contribution is 0.203. The number of nitrogens with zero attached hydrogens (tertiary/aromatic N) is 1. The highest BCUT2D eigenvalue weighted by Gasteiger charge is 2.16. The highest BCUT2D eigenvalue weighted by molar-refractivity contribution is 6.30. The Kier molecular flexibility index (Phi) is 6.34. The molecule has 0 aromatic heterocycles. The van der Waals surface area contributed by atoms with Gasteiger partial charge in [0.25, 0.3) is 0 Å². The molecule has 2 nitrogen and oxygen atoms in total. The minimum absolute atomic E-state index is 0.423. The van der Waals surface area contributed by atoms with Crippen molar-refractivity contribution in [2.75, 3.05) is 19.6 Å². The van der Waals surface area contributed by atoms with Gasteiger partial charge >= 0.3 is 0 Å². The van der Waals surface area contributed by atoms with E-state index in [1.165, 1.54) is 37.9 Å². The van der Waals surface area contributed by atoms with Gasteiger partial charge in [-0.2, -0.15) is 0 Å². The fraction of sp³-hybridized carbons (Fsp3) is 0.647. The first-order valence-electron chi connectivity index (χ1n) is 7.93. The van der Waals surface area contributed by atoms with Crippen LogP contribution in [0, 0.1) is 0 Å². The Bertz CT molecular complexity index is 384. The van der Waals surface area contributed by atoms with Gasteiger partial charge in [0, 0.05) is 23.7 Å². The molecule has 20 heavy (non-hydrogen) atoms. The number of benzene rings is 1.